The fourth-order valence-electron chi connectivity index (χ4n) is 4.93. The van der Waals surface area contributed by atoms with Crippen molar-refractivity contribution in [1.82, 2.24) is 19.6 Å². The van der Waals surface area contributed by atoms with Gasteiger partial charge in [0.2, 0.25) is 11.8 Å². The minimum atomic E-state index is -0.414. The average Bonchev–Trinajstić information content (AvgIpc) is 2.98. The van der Waals surface area contributed by atoms with Gasteiger partial charge in [0.25, 0.3) is 11.8 Å². The van der Waals surface area contributed by atoms with Gasteiger partial charge in [-0.05, 0) is 30.4 Å². The molecule has 8 heteroatoms. The first-order valence-corrected chi connectivity index (χ1v) is 11.1. The standard InChI is InChI=1S/C23H30N4O4/c1-16-11-17(2)13-26(12-16)20(28)14-24-7-9-25(10-8-24)21(29)15-27-22(30)18-5-3-4-6-19(18)23(27)31/h3-6,16-17H,7-15H2,1-2H3/t16-,17+. The van der Waals surface area contributed by atoms with Gasteiger partial charge in [0, 0.05) is 39.3 Å². The Bertz CT molecular complexity index is 848. The van der Waals surface area contributed by atoms with Gasteiger partial charge >= 0.3 is 0 Å². The van der Waals surface area contributed by atoms with Crippen LogP contribution in [0.1, 0.15) is 41.0 Å². The van der Waals surface area contributed by atoms with Crippen LogP contribution in [0.4, 0.5) is 0 Å². The number of rotatable bonds is 4. The minimum absolute atomic E-state index is 0.157. The zero-order valence-electron chi connectivity index (χ0n) is 18.2. The molecule has 4 amide bonds. The van der Waals surface area contributed by atoms with Crippen LogP contribution in [0.25, 0.3) is 0 Å². The summed E-state index contributed by atoms with van der Waals surface area (Å²) in [5.74, 6) is 0.156. The number of nitrogens with zero attached hydrogens (tertiary/aromatic N) is 4. The molecule has 3 aliphatic heterocycles. The van der Waals surface area contributed by atoms with E-state index in [4.69, 9.17) is 0 Å². The minimum Gasteiger partial charge on any atom is -0.341 e. The molecule has 1 aromatic rings. The van der Waals surface area contributed by atoms with Crippen LogP contribution < -0.4 is 0 Å². The second-order valence-electron chi connectivity index (χ2n) is 9.14. The molecule has 0 bridgehead atoms. The van der Waals surface area contributed by atoms with E-state index in [1.165, 1.54) is 0 Å². The van der Waals surface area contributed by atoms with Crippen LogP contribution in [-0.2, 0) is 9.59 Å². The van der Waals surface area contributed by atoms with Crippen molar-refractivity contribution in [3.8, 4) is 0 Å². The van der Waals surface area contributed by atoms with Crippen molar-refractivity contribution in [2.24, 2.45) is 11.8 Å². The number of amides is 4. The summed E-state index contributed by atoms with van der Waals surface area (Å²) in [6.07, 6.45) is 1.16. The molecule has 0 radical (unpaired) electrons. The van der Waals surface area contributed by atoms with Gasteiger partial charge in [0.1, 0.15) is 6.54 Å². The monoisotopic (exact) mass is 426 g/mol. The summed E-state index contributed by atoms with van der Waals surface area (Å²) < 4.78 is 0. The van der Waals surface area contributed by atoms with Crippen LogP contribution in [0.15, 0.2) is 24.3 Å². The largest absolute Gasteiger partial charge is 0.341 e. The number of carbonyl (C=O) groups excluding carboxylic acids is 4. The Morgan fingerprint density at radius 2 is 1.32 bits per heavy atom. The highest BCUT2D eigenvalue weighted by atomic mass is 16.2. The first-order valence-electron chi connectivity index (χ1n) is 11.1. The second kappa shape index (κ2) is 8.78. The maximum atomic E-state index is 12.7. The second-order valence-corrected chi connectivity index (χ2v) is 9.14. The Hall–Kier alpha value is -2.74. The van der Waals surface area contributed by atoms with E-state index < -0.39 is 11.8 Å². The van der Waals surface area contributed by atoms with Gasteiger partial charge in [-0.1, -0.05) is 26.0 Å². The summed E-state index contributed by atoms with van der Waals surface area (Å²) in [4.78, 5) is 57.2. The number of hydrogen-bond acceptors (Lipinski definition) is 5. The Kier molecular flexibility index (Phi) is 6.09. The van der Waals surface area contributed by atoms with Crippen molar-refractivity contribution < 1.29 is 19.2 Å². The number of imide groups is 1. The summed E-state index contributed by atoms with van der Waals surface area (Å²) in [5, 5.41) is 0. The molecular formula is C23H30N4O4. The lowest BCUT2D eigenvalue weighted by molar-refractivity contribution is -0.137. The maximum absolute atomic E-state index is 12.7. The summed E-state index contributed by atoms with van der Waals surface area (Å²) >= 11 is 0. The molecular weight excluding hydrogens is 396 g/mol. The summed E-state index contributed by atoms with van der Waals surface area (Å²) in [6.45, 7) is 8.35. The van der Waals surface area contributed by atoms with Crippen LogP contribution in [0, 0.1) is 11.8 Å². The van der Waals surface area contributed by atoms with E-state index in [1.807, 2.05) is 4.90 Å². The fraction of sp³-hybridized carbons (Fsp3) is 0.565. The predicted octanol–water partition coefficient (Wildman–Crippen LogP) is 0.931. The van der Waals surface area contributed by atoms with E-state index in [-0.39, 0.29) is 18.4 Å². The Morgan fingerprint density at radius 3 is 1.87 bits per heavy atom. The molecule has 0 unspecified atom stereocenters. The third kappa shape index (κ3) is 4.49. The van der Waals surface area contributed by atoms with Crippen molar-refractivity contribution in [2.45, 2.75) is 20.3 Å². The third-order valence-electron chi connectivity index (χ3n) is 6.48. The van der Waals surface area contributed by atoms with Gasteiger partial charge in [0.05, 0.1) is 17.7 Å². The molecule has 0 saturated carbocycles. The molecule has 2 fully saturated rings. The zero-order valence-corrected chi connectivity index (χ0v) is 18.2. The molecule has 0 aliphatic carbocycles. The van der Waals surface area contributed by atoms with Gasteiger partial charge in [-0.2, -0.15) is 0 Å². The van der Waals surface area contributed by atoms with Crippen LogP contribution in [0.5, 0.6) is 0 Å². The normalized spacial score (nSPS) is 24.5. The SMILES string of the molecule is C[C@@H]1C[C@H](C)CN(C(=O)CN2CCN(C(=O)CN3C(=O)c4ccccc4C3=O)CC2)C1. The van der Waals surface area contributed by atoms with Crippen molar-refractivity contribution in [3.63, 3.8) is 0 Å². The molecule has 0 spiro atoms. The number of piperidine rings is 1. The van der Waals surface area contributed by atoms with E-state index in [0.29, 0.717) is 55.7 Å². The number of piperazine rings is 1. The van der Waals surface area contributed by atoms with E-state index >= 15 is 0 Å². The highest BCUT2D eigenvalue weighted by molar-refractivity contribution is 6.22. The molecule has 3 aliphatic rings. The molecule has 1 aromatic carbocycles. The maximum Gasteiger partial charge on any atom is 0.262 e. The zero-order chi connectivity index (χ0) is 22.1. The Balaban J connectivity index is 1.26. The van der Waals surface area contributed by atoms with Gasteiger partial charge in [-0.25, -0.2) is 0 Å². The summed E-state index contributed by atoms with van der Waals surface area (Å²) in [5.41, 5.74) is 0.704. The fourth-order valence-corrected chi connectivity index (χ4v) is 4.93. The predicted molar refractivity (Wildman–Crippen MR) is 114 cm³/mol. The highest BCUT2D eigenvalue weighted by Gasteiger charge is 2.37. The molecule has 4 rings (SSSR count). The number of hydrogen-bond donors (Lipinski definition) is 0. The molecule has 2 atom stereocenters. The molecule has 8 nitrogen and oxygen atoms in total. The molecule has 2 saturated heterocycles. The van der Waals surface area contributed by atoms with Gasteiger partial charge in [-0.3, -0.25) is 29.0 Å². The Morgan fingerprint density at radius 1 is 0.806 bits per heavy atom. The lowest BCUT2D eigenvalue weighted by atomic mass is 9.92. The topological polar surface area (TPSA) is 81.2 Å². The smallest absolute Gasteiger partial charge is 0.262 e. The van der Waals surface area contributed by atoms with Gasteiger partial charge in [-0.15, -0.1) is 0 Å². The third-order valence-corrected chi connectivity index (χ3v) is 6.48. The van der Waals surface area contributed by atoms with E-state index in [1.54, 1.807) is 29.2 Å². The quantitative estimate of drug-likeness (QED) is 0.669. The number of carbonyl (C=O) groups is 4. The summed E-state index contributed by atoms with van der Waals surface area (Å²) in [7, 11) is 0. The molecule has 0 aromatic heterocycles. The van der Waals surface area contributed by atoms with Gasteiger partial charge in [0.15, 0.2) is 0 Å². The van der Waals surface area contributed by atoms with Crippen molar-refractivity contribution in [1.29, 1.82) is 0 Å². The van der Waals surface area contributed by atoms with E-state index in [9.17, 15) is 19.2 Å². The van der Waals surface area contributed by atoms with E-state index in [2.05, 4.69) is 18.7 Å². The molecule has 166 valence electrons. The number of fused-ring (bicyclic) bond motifs is 1. The van der Waals surface area contributed by atoms with Crippen molar-refractivity contribution >= 4 is 23.6 Å². The Labute approximate surface area is 182 Å². The average molecular weight is 427 g/mol. The number of likely N-dealkylation sites (tertiary alicyclic amines) is 1. The van der Waals surface area contributed by atoms with Gasteiger partial charge < -0.3 is 9.80 Å². The van der Waals surface area contributed by atoms with Crippen molar-refractivity contribution in [3.05, 3.63) is 35.4 Å². The summed E-state index contributed by atoms with van der Waals surface area (Å²) in [6, 6.07) is 6.64. The molecule has 0 N–H and O–H groups in total. The van der Waals surface area contributed by atoms with Crippen molar-refractivity contribution in [2.75, 3.05) is 52.4 Å². The first kappa shape index (κ1) is 21.5. The molecule has 3 heterocycles. The molecule has 31 heavy (non-hydrogen) atoms. The highest BCUT2D eigenvalue weighted by Crippen LogP contribution is 2.23. The van der Waals surface area contributed by atoms with E-state index in [0.717, 1.165) is 24.4 Å². The lowest BCUT2D eigenvalue weighted by Crippen LogP contribution is -2.54. The first-order chi connectivity index (χ1) is 14.8. The number of benzene rings is 1. The van der Waals surface area contributed by atoms with Crippen LogP contribution in [-0.4, -0.2) is 95.6 Å². The lowest BCUT2D eigenvalue weighted by Gasteiger charge is -2.38. The van der Waals surface area contributed by atoms with Crippen LogP contribution in [0.2, 0.25) is 0 Å². The van der Waals surface area contributed by atoms with Crippen LogP contribution >= 0.6 is 0 Å². The van der Waals surface area contributed by atoms with Crippen LogP contribution in [0.3, 0.4) is 0 Å².